The lowest BCUT2D eigenvalue weighted by Crippen LogP contribution is -2.64. The zero-order valence-electron chi connectivity index (χ0n) is 15.8. The molecule has 27 heavy (non-hydrogen) atoms. The monoisotopic (exact) mass is 391 g/mol. The summed E-state index contributed by atoms with van der Waals surface area (Å²) in [5.74, 6) is 0.696. The quantitative estimate of drug-likeness (QED) is 0.784. The summed E-state index contributed by atoms with van der Waals surface area (Å²) in [7, 11) is 0. The van der Waals surface area contributed by atoms with E-state index in [-0.39, 0.29) is 23.8 Å². The Labute approximate surface area is 164 Å². The molecule has 146 valence electrons. The molecule has 0 saturated carbocycles. The molecule has 4 fully saturated rings. The maximum absolute atomic E-state index is 13.0. The molecule has 6 heteroatoms. The SMILES string of the molecule is CC1(C)Cc2cc(Cl)cc(C(=O)OC3CC4CC5CC(C3)N4CC5O)c2O1. The van der Waals surface area contributed by atoms with Gasteiger partial charge in [-0.15, -0.1) is 0 Å². The van der Waals surface area contributed by atoms with Gasteiger partial charge < -0.3 is 14.6 Å². The van der Waals surface area contributed by atoms with Gasteiger partial charge in [-0.2, -0.15) is 0 Å². The zero-order chi connectivity index (χ0) is 18.9. The first-order valence-electron chi connectivity index (χ1n) is 9.95. The first-order chi connectivity index (χ1) is 12.8. The van der Waals surface area contributed by atoms with Crippen LogP contribution in [0.1, 0.15) is 55.5 Å². The molecule has 1 N–H and O–H groups in total. The van der Waals surface area contributed by atoms with Gasteiger partial charge in [-0.3, -0.25) is 4.90 Å². The number of nitrogens with zero attached hydrogens (tertiary/aromatic N) is 1. The van der Waals surface area contributed by atoms with Crippen LogP contribution >= 0.6 is 11.6 Å². The van der Waals surface area contributed by atoms with Crippen LogP contribution in [-0.4, -0.2) is 52.4 Å². The van der Waals surface area contributed by atoms with Crippen LogP contribution in [0, 0.1) is 5.92 Å². The van der Waals surface area contributed by atoms with Crippen molar-refractivity contribution in [2.24, 2.45) is 5.92 Å². The van der Waals surface area contributed by atoms with Gasteiger partial charge in [-0.1, -0.05) is 11.6 Å². The summed E-state index contributed by atoms with van der Waals surface area (Å²) in [6, 6.07) is 4.38. The van der Waals surface area contributed by atoms with Gasteiger partial charge in [0.2, 0.25) is 0 Å². The highest BCUT2D eigenvalue weighted by Crippen LogP contribution is 2.44. The van der Waals surface area contributed by atoms with Crippen molar-refractivity contribution in [3.63, 3.8) is 0 Å². The standard InChI is InChI=1S/C21H26ClNO4/c1-21(2)9-12-3-13(22)6-17(19(12)27-21)20(25)26-16-7-14-4-11-5-15(8-16)23(14)10-18(11)24/h3,6,11,14-16,18,24H,4-5,7-10H2,1-2H3. The smallest absolute Gasteiger partial charge is 0.342 e. The minimum atomic E-state index is -0.336. The van der Waals surface area contributed by atoms with Gasteiger partial charge in [-0.25, -0.2) is 4.79 Å². The van der Waals surface area contributed by atoms with Crippen molar-refractivity contribution in [1.82, 2.24) is 4.90 Å². The summed E-state index contributed by atoms with van der Waals surface area (Å²) in [6.45, 7) is 4.79. The molecule has 3 unspecified atom stereocenters. The Morgan fingerprint density at radius 3 is 2.63 bits per heavy atom. The number of halogens is 1. The fourth-order valence-electron chi connectivity index (χ4n) is 5.64. The third kappa shape index (κ3) is 3.04. The fourth-order valence-corrected chi connectivity index (χ4v) is 5.88. The second kappa shape index (κ2) is 6.10. The van der Waals surface area contributed by atoms with E-state index < -0.39 is 0 Å². The van der Waals surface area contributed by atoms with E-state index in [2.05, 4.69) is 4.90 Å². The van der Waals surface area contributed by atoms with Gasteiger partial charge in [0.1, 0.15) is 23.0 Å². The molecule has 4 bridgehead atoms. The maximum atomic E-state index is 13.0. The molecule has 1 aromatic rings. The summed E-state index contributed by atoms with van der Waals surface area (Å²) < 4.78 is 12.0. The van der Waals surface area contributed by atoms with Crippen molar-refractivity contribution in [2.75, 3.05) is 6.54 Å². The predicted molar refractivity (Wildman–Crippen MR) is 101 cm³/mol. The van der Waals surface area contributed by atoms with Gasteiger partial charge in [-0.05, 0) is 44.7 Å². The second-order valence-corrected chi connectivity index (χ2v) is 9.72. The van der Waals surface area contributed by atoms with E-state index in [1.807, 2.05) is 19.9 Å². The van der Waals surface area contributed by atoms with Crippen molar-refractivity contribution < 1.29 is 19.4 Å². The highest BCUT2D eigenvalue weighted by molar-refractivity contribution is 6.31. The number of hydrogen-bond acceptors (Lipinski definition) is 5. The molecule has 5 nitrogen and oxygen atoms in total. The Morgan fingerprint density at radius 2 is 1.96 bits per heavy atom. The number of carbonyl (C=O) groups excluding carboxylic acids is 1. The van der Waals surface area contributed by atoms with Crippen LogP contribution < -0.4 is 4.74 Å². The summed E-state index contributed by atoms with van der Waals surface area (Å²) in [4.78, 5) is 15.4. The average molecular weight is 392 g/mol. The second-order valence-electron chi connectivity index (χ2n) is 9.28. The number of carbonyl (C=O) groups is 1. The minimum Gasteiger partial charge on any atom is -0.486 e. The molecule has 0 spiro atoms. The van der Waals surface area contributed by atoms with Crippen LogP contribution in [0.5, 0.6) is 5.75 Å². The molecule has 5 heterocycles. The van der Waals surface area contributed by atoms with Crippen LogP contribution in [0.4, 0.5) is 0 Å². The number of aliphatic hydroxyl groups is 1. The van der Waals surface area contributed by atoms with Gasteiger partial charge in [0.15, 0.2) is 0 Å². The Kier molecular flexibility index (Phi) is 4.01. The molecule has 1 aromatic carbocycles. The van der Waals surface area contributed by atoms with Gasteiger partial charge in [0, 0.05) is 48.5 Å². The summed E-state index contributed by atoms with van der Waals surface area (Å²) in [5.41, 5.74) is 1.07. The van der Waals surface area contributed by atoms with Crippen molar-refractivity contribution in [1.29, 1.82) is 0 Å². The fraction of sp³-hybridized carbons (Fsp3) is 0.667. The molecule has 5 aliphatic heterocycles. The van der Waals surface area contributed by atoms with Crippen LogP contribution in [0.25, 0.3) is 0 Å². The highest BCUT2D eigenvalue weighted by atomic mass is 35.5. The molecular formula is C21H26ClNO4. The maximum Gasteiger partial charge on any atom is 0.342 e. The van der Waals surface area contributed by atoms with E-state index in [0.717, 1.165) is 44.2 Å². The molecule has 0 aromatic heterocycles. The van der Waals surface area contributed by atoms with Crippen molar-refractivity contribution >= 4 is 17.6 Å². The third-order valence-electron chi connectivity index (χ3n) is 6.72. The molecular weight excluding hydrogens is 366 g/mol. The van der Waals surface area contributed by atoms with E-state index in [4.69, 9.17) is 21.1 Å². The highest BCUT2D eigenvalue weighted by Gasteiger charge is 2.49. The number of piperidine rings is 4. The zero-order valence-corrected chi connectivity index (χ0v) is 16.5. The molecule has 3 atom stereocenters. The number of aliphatic hydroxyl groups excluding tert-OH is 1. The minimum absolute atomic E-state index is 0.0796. The summed E-state index contributed by atoms with van der Waals surface area (Å²) in [5, 5.41) is 10.7. The van der Waals surface area contributed by atoms with Crippen LogP contribution in [-0.2, 0) is 11.2 Å². The van der Waals surface area contributed by atoms with E-state index in [1.54, 1.807) is 6.07 Å². The average Bonchev–Trinajstić information content (AvgIpc) is 2.87. The molecule has 4 saturated heterocycles. The van der Waals surface area contributed by atoms with Crippen molar-refractivity contribution in [2.45, 2.75) is 75.8 Å². The number of hydrogen-bond donors (Lipinski definition) is 1. The van der Waals surface area contributed by atoms with Gasteiger partial charge >= 0.3 is 5.97 Å². The Morgan fingerprint density at radius 1 is 1.26 bits per heavy atom. The van der Waals surface area contributed by atoms with E-state index >= 15 is 0 Å². The van der Waals surface area contributed by atoms with E-state index in [9.17, 15) is 9.90 Å². The molecule has 5 aliphatic rings. The molecule has 6 rings (SSSR count). The number of rotatable bonds is 2. The lowest BCUT2D eigenvalue weighted by molar-refractivity contribution is -0.130. The Hall–Kier alpha value is -1.30. The van der Waals surface area contributed by atoms with Crippen LogP contribution in [0.15, 0.2) is 12.1 Å². The van der Waals surface area contributed by atoms with Crippen LogP contribution in [0.2, 0.25) is 5.02 Å². The predicted octanol–water partition coefficient (Wildman–Crippen LogP) is 3.20. The number of ether oxygens (including phenoxy) is 2. The lowest BCUT2D eigenvalue weighted by Gasteiger charge is -2.56. The molecule has 0 radical (unpaired) electrons. The van der Waals surface area contributed by atoms with E-state index in [0.29, 0.717) is 34.3 Å². The third-order valence-corrected chi connectivity index (χ3v) is 6.94. The van der Waals surface area contributed by atoms with Crippen molar-refractivity contribution in [3.05, 3.63) is 28.3 Å². The topological polar surface area (TPSA) is 59.0 Å². The van der Waals surface area contributed by atoms with Crippen molar-refractivity contribution in [3.8, 4) is 5.75 Å². The number of fused-ring (bicyclic) bond motifs is 2. The molecule has 0 amide bonds. The molecule has 0 aliphatic carbocycles. The first-order valence-corrected chi connectivity index (χ1v) is 10.3. The normalized spacial score (nSPS) is 38.2. The summed E-state index contributed by atoms with van der Waals surface area (Å²) in [6.07, 6.45) is 4.18. The Balaban J connectivity index is 1.33. The van der Waals surface area contributed by atoms with Crippen LogP contribution in [0.3, 0.4) is 0 Å². The van der Waals surface area contributed by atoms with E-state index in [1.165, 1.54) is 0 Å². The summed E-state index contributed by atoms with van der Waals surface area (Å²) >= 11 is 6.25. The van der Waals surface area contributed by atoms with Gasteiger partial charge in [0.25, 0.3) is 0 Å². The number of benzene rings is 1. The Bertz CT molecular complexity index is 779. The largest absolute Gasteiger partial charge is 0.486 e. The lowest BCUT2D eigenvalue weighted by atomic mass is 9.71. The number of esters is 1. The first kappa shape index (κ1) is 17.8. The van der Waals surface area contributed by atoms with Gasteiger partial charge in [0.05, 0.1) is 6.10 Å².